The van der Waals surface area contributed by atoms with Crippen LogP contribution in [-0.2, 0) is 5.41 Å². The van der Waals surface area contributed by atoms with Crippen LogP contribution in [0.4, 0.5) is 0 Å². The van der Waals surface area contributed by atoms with Crippen LogP contribution in [0.1, 0.15) is 42.9 Å². The van der Waals surface area contributed by atoms with Gasteiger partial charge in [-0.1, -0.05) is 48.5 Å². The molecule has 6 heteroatoms. The summed E-state index contributed by atoms with van der Waals surface area (Å²) in [5.41, 5.74) is 7.91. The molecular formula is C13H15Cl2N3S. The first-order valence-corrected chi connectivity index (χ1v) is 7.37. The number of nitrogens with zero attached hydrogens (tertiary/aromatic N) is 2. The third kappa shape index (κ3) is 3.08. The second-order valence-electron chi connectivity index (χ2n) is 5.38. The number of halogens is 2. The van der Waals surface area contributed by atoms with Crippen LogP contribution < -0.4 is 5.73 Å². The fourth-order valence-corrected chi connectivity index (χ4v) is 3.12. The number of hydrogen-bond acceptors (Lipinski definition) is 4. The first-order chi connectivity index (χ1) is 8.80. The molecular weight excluding hydrogens is 301 g/mol. The van der Waals surface area contributed by atoms with E-state index in [2.05, 4.69) is 30.4 Å². The van der Waals surface area contributed by atoms with E-state index in [0.717, 1.165) is 16.1 Å². The molecule has 2 N–H and O–H groups in total. The van der Waals surface area contributed by atoms with Crippen molar-refractivity contribution in [2.75, 3.05) is 0 Å². The highest BCUT2D eigenvalue weighted by molar-refractivity contribution is 7.05. The molecule has 0 spiro atoms. The van der Waals surface area contributed by atoms with Crippen LogP contribution in [-0.4, -0.2) is 9.59 Å². The van der Waals surface area contributed by atoms with E-state index >= 15 is 0 Å². The number of aromatic nitrogens is 2. The van der Waals surface area contributed by atoms with Gasteiger partial charge in [0.1, 0.15) is 0 Å². The molecule has 0 aliphatic carbocycles. The Labute approximate surface area is 126 Å². The van der Waals surface area contributed by atoms with Crippen molar-refractivity contribution in [3.05, 3.63) is 44.4 Å². The van der Waals surface area contributed by atoms with Gasteiger partial charge in [0, 0.05) is 15.5 Å². The van der Waals surface area contributed by atoms with Crippen LogP contribution in [0.5, 0.6) is 0 Å². The molecule has 0 saturated carbocycles. The zero-order chi connectivity index (χ0) is 14.2. The summed E-state index contributed by atoms with van der Waals surface area (Å²) < 4.78 is 4.02. The second kappa shape index (κ2) is 5.37. The number of rotatable bonds is 2. The molecule has 0 radical (unpaired) electrons. The highest BCUT2D eigenvalue weighted by Gasteiger charge is 2.27. The maximum atomic E-state index is 6.32. The summed E-state index contributed by atoms with van der Waals surface area (Å²) in [6.45, 7) is 6.25. The predicted molar refractivity (Wildman–Crippen MR) is 81.1 cm³/mol. The van der Waals surface area contributed by atoms with Crippen LogP contribution >= 0.6 is 34.7 Å². The minimum Gasteiger partial charge on any atom is -0.319 e. The second-order valence-corrected chi connectivity index (χ2v) is 7.01. The Morgan fingerprint density at radius 3 is 2.58 bits per heavy atom. The average Bonchev–Trinajstić information content (AvgIpc) is 2.80. The van der Waals surface area contributed by atoms with Gasteiger partial charge in [0.25, 0.3) is 0 Å². The van der Waals surface area contributed by atoms with E-state index in [0.29, 0.717) is 10.0 Å². The molecule has 0 fully saturated rings. The molecule has 1 atom stereocenters. The lowest BCUT2D eigenvalue weighted by molar-refractivity contribution is 0.556. The topological polar surface area (TPSA) is 51.8 Å². The highest BCUT2D eigenvalue weighted by atomic mass is 35.5. The van der Waals surface area contributed by atoms with Crippen LogP contribution in [0, 0.1) is 0 Å². The van der Waals surface area contributed by atoms with Crippen molar-refractivity contribution in [2.45, 2.75) is 32.2 Å². The molecule has 0 aliphatic heterocycles. The van der Waals surface area contributed by atoms with Gasteiger partial charge in [-0.05, 0) is 35.3 Å². The maximum absolute atomic E-state index is 6.32. The lowest BCUT2D eigenvalue weighted by Crippen LogP contribution is -2.19. The Bertz CT molecular complexity index is 590. The zero-order valence-electron chi connectivity index (χ0n) is 10.9. The van der Waals surface area contributed by atoms with Crippen molar-refractivity contribution in [2.24, 2.45) is 5.73 Å². The van der Waals surface area contributed by atoms with E-state index < -0.39 is 0 Å². The summed E-state index contributed by atoms with van der Waals surface area (Å²) in [6.07, 6.45) is 0. The van der Waals surface area contributed by atoms with Crippen molar-refractivity contribution in [1.29, 1.82) is 0 Å². The molecule has 1 aromatic heterocycles. The van der Waals surface area contributed by atoms with Crippen LogP contribution in [0.25, 0.3) is 0 Å². The SMILES string of the molecule is CC(C)(C)c1nnsc1C(N)c1cc(Cl)ccc1Cl. The first-order valence-electron chi connectivity index (χ1n) is 5.84. The summed E-state index contributed by atoms with van der Waals surface area (Å²) in [6, 6.07) is 4.93. The molecule has 0 amide bonds. The maximum Gasteiger partial charge on any atom is 0.0860 e. The van der Waals surface area contributed by atoms with Crippen LogP contribution in [0.15, 0.2) is 18.2 Å². The van der Waals surface area contributed by atoms with Crippen molar-refractivity contribution >= 4 is 34.7 Å². The van der Waals surface area contributed by atoms with Gasteiger partial charge in [0.2, 0.25) is 0 Å². The summed E-state index contributed by atoms with van der Waals surface area (Å²) in [4.78, 5) is 0.927. The third-order valence-corrected chi connectivity index (χ3v) is 4.19. The van der Waals surface area contributed by atoms with Gasteiger partial charge in [0.15, 0.2) is 0 Å². The summed E-state index contributed by atoms with van der Waals surface area (Å²) in [5.74, 6) is 0. The lowest BCUT2D eigenvalue weighted by Gasteiger charge is -2.20. The Kier molecular flexibility index (Phi) is 4.16. The predicted octanol–water partition coefficient (Wildman–Crippen LogP) is 4.19. The van der Waals surface area contributed by atoms with Crippen LogP contribution in [0.2, 0.25) is 10.0 Å². The van der Waals surface area contributed by atoms with E-state index in [1.807, 2.05) is 0 Å². The van der Waals surface area contributed by atoms with Gasteiger partial charge in [-0.15, -0.1) is 5.10 Å². The molecule has 2 rings (SSSR count). The largest absolute Gasteiger partial charge is 0.319 e. The summed E-state index contributed by atoms with van der Waals surface area (Å²) in [5, 5.41) is 5.42. The minimum absolute atomic E-state index is 0.106. The van der Waals surface area contributed by atoms with Crippen molar-refractivity contribution in [1.82, 2.24) is 9.59 Å². The summed E-state index contributed by atoms with van der Waals surface area (Å²) in [7, 11) is 0. The van der Waals surface area contributed by atoms with Crippen molar-refractivity contribution < 1.29 is 0 Å². The molecule has 102 valence electrons. The van der Waals surface area contributed by atoms with E-state index in [4.69, 9.17) is 28.9 Å². The van der Waals surface area contributed by atoms with E-state index in [-0.39, 0.29) is 11.5 Å². The number of hydrogen-bond donors (Lipinski definition) is 1. The van der Waals surface area contributed by atoms with Gasteiger partial charge in [-0.25, -0.2) is 0 Å². The fourth-order valence-electron chi connectivity index (χ4n) is 1.82. The van der Waals surface area contributed by atoms with Crippen molar-refractivity contribution in [3.8, 4) is 0 Å². The molecule has 0 saturated heterocycles. The molecule has 1 heterocycles. The van der Waals surface area contributed by atoms with Gasteiger partial charge >= 0.3 is 0 Å². The number of benzene rings is 1. The monoisotopic (exact) mass is 315 g/mol. The third-order valence-electron chi connectivity index (χ3n) is 2.80. The standard InChI is InChI=1S/C13H15Cl2N3S/c1-13(2,3)12-11(19-18-17-12)10(16)8-6-7(14)4-5-9(8)15/h4-6,10H,16H2,1-3H3. The average molecular weight is 316 g/mol. The molecule has 1 aromatic carbocycles. The number of nitrogens with two attached hydrogens (primary N) is 1. The van der Waals surface area contributed by atoms with Gasteiger partial charge in [0.05, 0.1) is 16.6 Å². The Morgan fingerprint density at radius 1 is 1.26 bits per heavy atom. The van der Waals surface area contributed by atoms with Crippen LogP contribution in [0.3, 0.4) is 0 Å². The molecule has 0 aliphatic rings. The lowest BCUT2D eigenvalue weighted by atomic mass is 9.89. The molecule has 1 unspecified atom stereocenters. The fraction of sp³-hybridized carbons (Fsp3) is 0.385. The first kappa shape index (κ1) is 14.7. The smallest absolute Gasteiger partial charge is 0.0860 e. The van der Waals surface area contributed by atoms with Gasteiger partial charge < -0.3 is 5.73 Å². The Hall–Kier alpha value is -0.680. The quantitative estimate of drug-likeness (QED) is 0.904. The minimum atomic E-state index is -0.361. The Morgan fingerprint density at radius 2 is 1.95 bits per heavy atom. The van der Waals surface area contributed by atoms with E-state index in [1.165, 1.54) is 11.5 Å². The highest BCUT2D eigenvalue weighted by Crippen LogP contribution is 2.35. The van der Waals surface area contributed by atoms with Crippen molar-refractivity contribution in [3.63, 3.8) is 0 Å². The molecule has 19 heavy (non-hydrogen) atoms. The summed E-state index contributed by atoms with van der Waals surface area (Å²) >= 11 is 13.5. The Balaban J connectivity index is 2.48. The molecule has 3 nitrogen and oxygen atoms in total. The molecule has 2 aromatic rings. The normalized spacial score (nSPS) is 13.6. The molecule has 0 bridgehead atoms. The van der Waals surface area contributed by atoms with E-state index in [1.54, 1.807) is 18.2 Å². The zero-order valence-corrected chi connectivity index (χ0v) is 13.3. The van der Waals surface area contributed by atoms with Gasteiger partial charge in [-0.3, -0.25) is 0 Å². The van der Waals surface area contributed by atoms with Gasteiger partial charge in [-0.2, -0.15) is 0 Å². The van der Waals surface area contributed by atoms with E-state index in [9.17, 15) is 0 Å².